The molecule has 1 heterocycles. The molecule has 56 valence electrons. The maximum atomic E-state index is 8.67. The standard InChI is InChI=1S/C6H13NO.ClH/c1-5-2-3-7-6(5)4-8;/h5-8H,2-4H2,1H3;1H/t5-,6-;/m0./s1. The van der Waals surface area contributed by atoms with E-state index >= 15 is 0 Å². The van der Waals surface area contributed by atoms with Crippen LogP contribution in [0.3, 0.4) is 0 Å². The van der Waals surface area contributed by atoms with Gasteiger partial charge < -0.3 is 10.4 Å². The van der Waals surface area contributed by atoms with Crippen LogP contribution in [0.15, 0.2) is 0 Å². The van der Waals surface area contributed by atoms with Crippen LogP contribution in [0.2, 0.25) is 0 Å². The van der Waals surface area contributed by atoms with Gasteiger partial charge in [0.2, 0.25) is 0 Å². The Morgan fingerprint density at radius 3 is 2.56 bits per heavy atom. The molecule has 1 aliphatic rings. The minimum absolute atomic E-state index is 0. The number of rotatable bonds is 1. The Hall–Kier alpha value is 0.210. The molecule has 1 aliphatic heterocycles. The van der Waals surface area contributed by atoms with E-state index < -0.39 is 0 Å². The van der Waals surface area contributed by atoms with Gasteiger partial charge in [-0.15, -0.1) is 12.4 Å². The quantitative estimate of drug-likeness (QED) is 0.569. The largest absolute Gasteiger partial charge is 0.395 e. The Bertz CT molecular complexity index is 79.5. The second-order valence-corrected chi connectivity index (χ2v) is 2.51. The molecule has 0 saturated carbocycles. The lowest BCUT2D eigenvalue weighted by Crippen LogP contribution is -2.29. The van der Waals surface area contributed by atoms with Crippen molar-refractivity contribution in [2.45, 2.75) is 19.4 Å². The highest BCUT2D eigenvalue weighted by Crippen LogP contribution is 2.12. The number of hydrogen-bond acceptors (Lipinski definition) is 2. The van der Waals surface area contributed by atoms with Gasteiger partial charge in [-0.1, -0.05) is 6.92 Å². The van der Waals surface area contributed by atoms with Gasteiger partial charge in [-0.25, -0.2) is 0 Å². The molecule has 0 spiro atoms. The third-order valence-corrected chi connectivity index (χ3v) is 1.89. The second-order valence-electron chi connectivity index (χ2n) is 2.51. The van der Waals surface area contributed by atoms with Crippen LogP contribution in [0.25, 0.3) is 0 Å². The third-order valence-electron chi connectivity index (χ3n) is 1.89. The Balaban J connectivity index is 0.000000640. The Morgan fingerprint density at radius 2 is 2.33 bits per heavy atom. The summed E-state index contributed by atoms with van der Waals surface area (Å²) in [5.74, 6) is 0.667. The van der Waals surface area contributed by atoms with Gasteiger partial charge in [0, 0.05) is 6.04 Å². The fourth-order valence-corrected chi connectivity index (χ4v) is 1.14. The molecule has 0 bridgehead atoms. The van der Waals surface area contributed by atoms with Crippen LogP contribution in [-0.4, -0.2) is 24.3 Å². The summed E-state index contributed by atoms with van der Waals surface area (Å²) in [7, 11) is 0. The van der Waals surface area contributed by atoms with Crippen molar-refractivity contribution in [2.75, 3.05) is 13.2 Å². The molecule has 1 fully saturated rings. The van der Waals surface area contributed by atoms with Crippen LogP contribution in [0.4, 0.5) is 0 Å². The van der Waals surface area contributed by atoms with E-state index in [2.05, 4.69) is 12.2 Å². The predicted molar refractivity (Wildman–Crippen MR) is 39.9 cm³/mol. The zero-order chi connectivity index (χ0) is 5.98. The topological polar surface area (TPSA) is 32.3 Å². The van der Waals surface area contributed by atoms with Gasteiger partial charge in [0.05, 0.1) is 6.61 Å². The summed E-state index contributed by atoms with van der Waals surface area (Å²) in [5, 5.41) is 11.9. The van der Waals surface area contributed by atoms with Crippen molar-refractivity contribution in [3.05, 3.63) is 0 Å². The van der Waals surface area contributed by atoms with E-state index in [4.69, 9.17) is 5.11 Å². The Kier molecular flexibility index (Phi) is 4.19. The van der Waals surface area contributed by atoms with Crippen molar-refractivity contribution < 1.29 is 5.11 Å². The van der Waals surface area contributed by atoms with E-state index in [-0.39, 0.29) is 12.4 Å². The zero-order valence-electron chi connectivity index (χ0n) is 5.63. The highest BCUT2D eigenvalue weighted by Gasteiger charge is 2.20. The molecule has 3 heteroatoms. The Morgan fingerprint density at radius 1 is 1.67 bits per heavy atom. The number of aliphatic hydroxyl groups excluding tert-OH is 1. The fourth-order valence-electron chi connectivity index (χ4n) is 1.14. The molecule has 0 amide bonds. The van der Waals surface area contributed by atoms with E-state index in [9.17, 15) is 0 Å². The first-order valence-electron chi connectivity index (χ1n) is 3.19. The molecule has 1 rings (SSSR count). The molecule has 0 unspecified atom stereocenters. The van der Waals surface area contributed by atoms with Crippen LogP contribution in [0, 0.1) is 5.92 Å². The van der Waals surface area contributed by atoms with Gasteiger partial charge in [0.15, 0.2) is 0 Å². The van der Waals surface area contributed by atoms with E-state index in [1.807, 2.05) is 0 Å². The SMILES string of the molecule is C[C@H]1CCN[C@H]1CO.Cl. The molecule has 0 aromatic rings. The van der Waals surface area contributed by atoms with E-state index in [1.54, 1.807) is 0 Å². The summed E-state index contributed by atoms with van der Waals surface area (Å²) in [6, 6.07) is 0.370. The minimum Gasteiger partial charge on any atom is -0.395 e. The lowest BCUT2D eigenvalue weighted by molar-refractivity contribution is 0.233. The van der Waals surface area contributed by atoms with E-state index in [1.165, 1.54) is 6.42 Å². The lowest BCUT2D eigenvalue weighted by atomic mass is 10.1. The average molecular weight is 152 g/mol. The van der Waals surface area contributed by atoms with Crippen molar-refractivity contribution in [3.8, 4) is 0 Å². The van der Waals surface area contributed by atoms with Crippen molar-refractivity contribution in [1.29, 1.82) is 0 Å². The highest BCUT2D eigenvalue weighted by atomic mass is 35.5. The van der Waals surface area contributed by atoms with Gasteiger partial charge in [0.1, 0.15) is 0 Å². The van der Waals surface area contributed by atoms with Crippen molar-refractivity contribution >= 4 is 12.4 Å². The smallest absolute Gasteiger partial charge is 0.0587 e. The fraction of sp³-hybridized carbons (Fsp3) is 1.00. The van der Waals surface area contributed by atoms with Crippen molar-refractivity contribution in [2.24, 2.45) is 5.92 Å². The number of halogens is 1. The maximum Gasteiger partial charge on any atom is 0.0587 e. The average Bonchev–Trinajstić information content (AvgIpc) is 2.14. The molecule has 0 aromatic heterocycles. The highest BCUT2D eigenvalue weighted by molar-refractivity contribution is 5.85. The summed E-state index contributed by atoms with van der Waals surface area (Å²) < 4.78 is 0. The second kappa shape index (κ2) is 4.09. The molecule has 0 aliphatic carbocycles. The van der Waals surface area contributed by atoms with Gasteiger partial charge in [-0.05, 0) is 18.9 Å². The summed E-state index contributed by atoms with van der Waals surface area (Å²) in [4.78, 5) is 0. The first-order chi connectivity index (χ1) is 3.84. The van der Waals surface area contributed by atoms with Crippen molar-refractivity contribution in [3.63, 3.8) is 0 Å². The molecule has 9 heavy (non-hydrogen) atoms. The predicted octanol–water partition coefficient (Wildman–Crippen LogP) is 0.398. The first kappa shape index (κ1) is 9.21. The van der Waals surface area contributed by atoms with Gasteiger partial charge >= 0.3 is 0 Å². The zero-order valence-corrected chi connectivity index (χ0v) is 6.45. The molecule has 0 aromatic carbocycles. The molecule has 2 atom stereocenters. The molecule has 2 nitrogen and oxygen atoms in total. The van der Waals surface area contributed by atoms with Crippen LogP contribution in [0.1, 0.15) is 13.3 Å². The normalized spacial score (nSPS) is 34.0. The minimum atomic E-state index is 0. The number of hydrogen-bond donors (Lipinski definition) is 2. The summed E-state index contributed by atoms with van der Waals surface area (Å²) in [6.07, 6.45) is 1.21. The molecular weight excluding hydrogens is 138 g/mol. The third kappa shape index (κ3) is 2.12. The number of nitrogens with one attached hydrogen (secondary N) is 1. The molecule has 0 radical (unpaired) electrons. The molecule has 1 saturated heterocycles. The lowest BCUT2D eigenvalue weighted by Gasteiger charge is -2.10. The summed E-state index contributed by atoms with van der Waals surface area (Å²) in [6.45, 7) is 3.54. The van der Waals surface area contributed by atoms with Crippen LogP contribution < -0.4 is 5.32 Å². The van der Waals surface area contributed by atoms with Gasteiger partial charge in [-0.2, -0.15) is 0 Å². The molecule has 2 N–H and O–H groups in total. The first-order valence-corrected chi connectivity index (χ1v) is 3.19. The maximum absolute atomic E-state index is 8.67. The van der Waals surface area contributed by atoms with Crippen LogP contribution in [0.5, 0.6) is 0 Å². The van der Waals surface area contributed by atoms with E-state index in [0.717, 1.165) is 6.54 Å². The van der Waals surface area contributed by atoms with Crippen LogP contribution in [-0.2, 0) is 0 Å². The van der Waals surface area contributed by atoms with E-state index in [0.29, 0.717) is 18.6 Å². The monoisotopic (exact) mass is 151 g/mol. The Labute approximate surface area is 62.1 Å². The summed E-state index contributed by atoms with van der Waals surface area (Å²) in [5.41, 5.74) is 0. The van der Waals surface area contributed by atoms with Crippen LogP contribution >= 0.6 is 12.4 Å². The van der Waals surface area contributed by atoms with Gasteiger partial charge in [0.25, 0.3) is 0 Å². The molecular formula is C6H14ClNO. The van der Waals surface area contributed by atoms with Gasteiger partial charge in [-0.3, -0.25) is 0 Å². The summed E-state index contributed by atoms with van der Waals surface area (Å²) >= 11 is 0. The van der Waals surface area contributed by atoms with Crippen molar-refractivity contribution in [1.82, 2.24) is 5.32 Å². The number of aliphatic hydroxyl groups is 1.